The molecule has 2 aromatic carbocycles. The van der Waals surface area contributed by atoms with E-state index in [4.69, 9.17) is 0 Å². The summed E-state index contributed by atoms with van der Waals surface area (Å²) in [7, 11) is 0. The minimum Gasteiger partial charge on any atom is -0.347 e. The van der Waals surface area contributed by atoms with E-state index >= 15 is 0 Å². The fraction of sp³-hybridized carbons (Fsp3) is 0.348. The third kappa shape index (κ3) is 6.60. The number of carbonyl (C=O) groups excluding carboxylic acids is 3. The Morgan fingerprint density at radius 3 is 1.90 bits per heavy atom. The first-order valence-electron chi connectivity index (χ1n) is 9.87. The maximum Gasteiger partial charge on any atom is 0.257 e. The summed E-state index contributed by atoms with van der Waals surface area (Å²) >= 11 is 0. The number of nitrogens with one attached hydrogen (secondary N) is 3. The summed E-state index contributed by atoms with van der Waals surface area (Å²) in [4.78, 5) is 37.3. The molecule has 0 aromatic heterocycles. The second-order valence-corrected chi connectivity index (χ2v) is 8.56. The SMILES string of the molecule is CC(C)C(NC(=O)c1c(F)cccc1F)C(=O)Nc1ccc(C(=O)NC(C)(C)C)cc1. The predicted molar refractivity (Wildman–Crippen MR) is 115 cm³/mol. The number of anilines is 1. The van der Waals surface area contributed by atoms with Crippen LogP contribution in [0.5, 0.6) is 0 Å². The van der Waals surface area contributed by atoms with Crippen LogP contribution >= 0.6 is 0 Å². The van der Waals surface area contributed by atoms with Crippen molar-refractivity contribution in [3.63, 3.8) is 0 Å². The average Bonchev–Trinajstić information content (AvgIpc) is 2.64. The number of halogens is 2. The van der Waals surface area contributed by atoms with Crippen LogP contribution in [0.15, 0.2) is 42.5 Å². The molecule has 166 valence electrons. The summed E-state index contributed by atoms with van der Waals surface area (Å²) in [5.41, 5.74) is -0.286. The minimum atomic E-state index is -1.03. The summed E-state index contributed by atoms with van der Waals surface area (Å²) in [6.07, 6.45) is 0. The topological polar surface area (TPSA) is 87.3 Å². The molecule has 2 aromatic rings. The van der Waals surface area contributed by atoms with Crippen LogP contribution in [-0.2, 0) is 4.79 Å². The van der Waals surface area contributed by atoms with Crippen molar-refractivity contribution in [3.8, 4) is 0 Å². The van der Waals surface area contributed by atoms with Crippen LogP contribution in [0.1, 0.15) is 55.3 Å². The van der Waals surface area contributed by atoms with Crippen LogP contribution in [0.2, 0.25) is 0 Å². The zero-order chi connectivity index (χ0) is 23.3. The zero-order valence-corrected chi connectivity index (χ0v) is 18.2. The van der Waals surface area contributed by atoms with Gasteiger partial charge in [0.05, 0.1) is 0 Å². The molecule has 0 saturated heterocycles. The lowest BCUT2D eigenvalue weighted by Crippen LogP contribution is -2.47. The molecule has 1 unspecified atom stereocenters. The summed E-state index contributed by atoms with van der Waals surface area (Å²) in [6, 6.07) is 8.31. The summed E-state index contributed by atoms with van der Waals surface area (Å²) < 4.78 is 27.7. The number of benzene rings is 2. The van der Waals surface area contributed by atoms with Gasteiger partial charge in [-0.1, -0.05) is 19.9 Å². The maximum absolute atomic E-state index is 13.9. The second kappa shape index (κ2) is 9.68. The highest BCUT2D eigenvalue weighted by Gasteiger charge is 2.27. The lowest BCUT2D eigenvalue weighted by Gasteiger charge is -2.22. The molecule has 0 saturated carbocycles. The Labute approximate surface area is 180 Å². The van der Waals surface area contributed by atoms with Gasteiger partial charge in [0.15, 0.2) is 0 Å². The molecule has 0 aliphatic rings. The molecule has 0 aliphatic carbocycles. The van der Waals surface area contributed by atoms with Gasteiger partial charge in [-0.25, -0.2) is 8.78 Å². The maximum atomic E-state index is 13.9. The molecule has 3 amide bonds. The first-order valence-corrected chi connectivity index (χ1v) is 9.87. The van der Waals surface area contributed by atoms with Crippen molar-refractivity contribution in [1.82, 2.24) is 10.6 Å². The quantitative estimate of drug-likeness (QED) is 0.649. The van der Waals surface area contributed by atoms with Gasteiger partial charge in [0.25, 0.3) is 11.8 Å². The van der Waals surface area contributed by atoms with E-state index in [-0.39, 0.29) is 17.4 Å². The van der Waals surface area contributed by atoms with Crippen LogP contribution in [0.4, 0.5) is 14.5 Å². The van der Waals surface area contributed by atoms with Gasteiger partial charge in [-0.05, 0) is 63.1 Å². The summed E-state index contributed by atoms with van der Waals surface area (Å²) in [6.45, 7) is 9.00. The molecule has 3 N–H and O–H groups in total. The summed E-state index contributed by atoms with van der Waals surface area (Å²) in [5.74, 6) is -4.18. The number of hydrogen-bond acceptors (Lipinski definition) is 3. The molecule has 31 heavy (non-hydrogen) atoms. The molecule has 0 bridgehead atoms. The predicted octanol–water partition coefficient (Wildman–Crippen LogP) is 3.89. The molecule has 1 atom stereocenters. The Bertz CT molecular complexity index is 947. The highest BCUT2D eigenvalue weighted by atomic mass is 19.1. The van der Waals surface area contributed by atoms with Gasteiger partial charge in [0, 0.05) is 16.8 Å². The van der Waals surface area contributed by atoms with Crippen molar-refractivity contribution < 1.29 is 23.2 Å². The molecular weight excluding hydrogens is 404 g/mol. The molecule has 8 heteroatoms. The normalized spacial score (nSPS) is 12.3. The van der Waals surface area contributed by atoms with Crippen molar-refractivity contribution in [2.24, 2.45) is 5.92 Å². The molecule has 0 spiro atoms. The van der Waals surface area contributed by atoms with Crippen LogP contribution in [0, 0.1) is 17.6 Å². The van der Waals surface area contributed by atoms with Gasteiger partial charge in [-0.15, -0.1) is 0 Å². The second-order valence-electron chi connectivity index (χ2n) is 8.56. The monoisotopic (exact) mass is 431 g/mol. The van der Waals surface area contributed by atoms with Crippen molar-refractivity contribution >= 4 is 23.4 Å². The van der Waals surface area contributed by atoms with Crippen molar-refractivity contribution in [2.45, 2.75) is 46.2 Å². The number of hydrogen-bond donors (Lipinski definition) is 3. The molecular formula is C23H27F2N3O3. The van der Waals surface area contributed by atoms with E-state index in [0.717, 1.165) is 18.2 Å². The van der Waals surface area contributed by atoms with Crippen molar-refractivity contribution in [2.75, 3.05) is 5.32 Å². The summed E-state index contributed by atoms with van der Waals surface area (Å²) in [5, 5.41) is 7.89. The largest absolute Gasteiger partial charge is 0.347 e. The van der Waals surface area contributed by atoms with Gasteiger partial charge >= 0.3 is 0 Å². The molecule has 6 nitrogen and oxygen atoms in total. The van der Waals surface area contributed by atoms with E-state index in [9.17, 15) is 23.2 Å². The van der Waals surface area contributed by atoms with Crippen LogP contribution in [0.3, 0.4) is 0 Å². The van der Waals surface area contributed by atoms with E-state index in [1.807, 2.05) is 20.8 Å². The highest BCUT2D eigenvalue weighted by Crippen LogP contribution is 2.15. The fourth-order valence-electron chi connectivity index (χ4n) is 2.80. The third-order valence-electron chi connectivity index (χ3n) is 4.33. The first kappa shape index (κ1) is 24.0. The standard InChI is InChI=1S/C23H27F2N3O3/c1-13(2)19(27-21(30)18-16(24)7-6-8-17(18)25)22(31)26-15-11-9-14(10-12-15)20(29)28-23(3,4)5/h6-13,19H,1-5H3,(H,26,31)(H,27,30)(H,28,29). The Balaban J connectivity index is 2.11. The van der Waals surface area contributed by atoms with Gasteiger partial charge in [-0.3, -0.25) is 14.4 Å². The average molecular weight is 431 g/mol. The molecule has 0 heterocycles. The Morgan fingerprint density at radius 1 is 0.871 bits per heavy atom. The smallest absolute Gasteiger partial charge is 0.257 e. The first-order chi connectivity index (χ1) is 14.4. The lowest BCUT2D eigenvalue weighted by atomic mass is 10.0. The van der Waals surface area contributed by atoms with E-state index in [1.54, 1.807) is 38.1 Å². The zero-order valence-electron chi connectivity index (χ0n) is 18.2. The third-order valence-corrected chi connectivity index (χ3v) is 4.33. The molecule has 0 aliphatic heterocycles. The Morgan fingerprint density at radius 2 is 1.42 bits per heavy atom. The van der Waals surface area contributed by atoms with Crippen molar-refractivity contribution in [1.29, 1.82) is 0 Å². The number of amides is 3. The number of carbonyl (C=O) groups is 3. The van der Waals surface area contributed by atoms with Gasteiger partial charge in [0.2, 0.25) is 5.91 Å². The van der Waals surface area contributed by atoms with E-state index in [1.165, 1.54) is 0 Å². The number of rotatable bonds is 6. The Hall–Kier alpha value is -3.29. The van der Waals surface area contributed by atoms with Gasteiger partial charge < -0.3 is 16.0 Å². The van der Waals surface area contributed by atoms with Crippen molar-refractivity contribution in [3.05, 3.63) is 65.2 Å². The molecule has 0 fully saturated rings. The highest BCUT2D eigenvalue weighted by molar-refractivity contribution is 6.02. The molecule has 0 radical (unpaired) electrons. The Kier molecular flexibility index (Phi) is 7.49. The van der Waals surface area contributed by atoms with Crippen LogP contribution < -0.4 is 16.0 Å². The van der Waals surface area contributed by atoms with E-state index < -0.39 is 35.1 Å². The van der Waals surface area contributed by atoms with Crippen LogP contribution in [0.25, 0.3) is 0 Å². The van der Waals surface area contributed by atoms with Gasteiger partial charge in [0.1, 0.15) is 23.2 Å². The minimum absolute atomic E-state index is 0.246. The van der Waals surface area contributed by atoms with Gasteiger partial charge in [-0.2, -0.15) is 0 Å². The van der Waals surface area contributed by atoms with E-state index in [2.05, 4.69) is 16.0 Å². The van der Waals surface area contributed by atoms with E-state index in [0.29, 0.717) is 11.3 Å². The van der Waals surface area contributed by atoms with Crippen LogP contribution in [-0.4, -0.2) is 29.3 Å². The molecule has 2 rings (SSSR count). The fourth-order valence-corrected chi connectivity index (χ4v) is 2.80. The lowest BCUT2D eigenvalue weighted by molar-refractivity contribution is -0.118.